The van der Waals surface area contributed by atoms with Crippen LogP contribution in [0.25, 0.3) is 0 Å². The van der Waals surface area contributed by atoms with Gasteiger partial charge in [-0.25, -0.2) is 4.79 Å². The van der Waals surface area contributed by atoms with Crippen molar-refractivity contribution in [3.05, 3.63) is 71.3 Å². The Morgan fingerprint density at radius 1 is 1.12 bits per heavy atom. The second-order valence-corrected chi connectivity index (χ2v) is 6.80. The van der Waals surface area contributed by atoms with Gasteiger partial charge in [0.15, 0.2) is 0 Å². The number of methoxy groups -OCH3 is 1. The summed E-state index contributed by atoms with van der Waals surface area (Å²) in [6.45, 7) is 3.03. The number of benzene rings is 2. The minimum Gasteiger partial charge on any atom is -0.465 e. The minimum absolute atomic E-state index is 0.0339. The van der Waals surface area contributed by atoms with E-state index in [9.17, 15) is 4.79 Å². The molecule has 26 heavy (non-hydrogen) atoms. The average Bonchev–Trinajstić information content (AvgIpc) is 3.17. The number of morpholine rings is 1. The standard InChI is InChI=1S/C21H23NO4/c1-24-21(23)17-9-7-16(8-10-17)19-12-22(11-15-5-3-2-4-6-15)18-13-25-14-20(18)26-19/h2-10,18-20H,11-14H2,1H3/t18-,19+,20+/m1/s1. The third kappa shape index (κ3) is 3.51. The number of carbonyl (C=O) groups excluding carboxylic acids is 1. The molecule has 2 aromatic rings. The Labute approximate surface area is 153 Å². The van der Waals surface area contributed by atoms with Crippen molar-refractivity contribution in [1.29, 1.82) is 0 Å². The van der Waals surface area contributed by atoms with Gasteiger partial charge in [-0.1, -0.05) is 42.5 Å². The van der Waals surface area contributed by atoms with Crippen molar-refractivity contribution >= 4 is 5.97 Å². The first-order valence-corrected chi connectivity index (χ1v) is 8.94. The van der Waals surface area contributed by atoms with Crippen LogP contribution in [0.15, 0.2) is 54.6 Å². The maximum atomic E-state index is 11.6. The van der Waals surface area contributed by atoms with E-state index in [1.807, 2.05) is 18.2 Å². The average molecular weight is 353 g/mol. The van der Waals surface area contributed by atoms with Crippen molar-refractivity contribution in [2.45, 2.75) is 24.8 Å². The van der Waals surface area contributed by atoms with Crippen molar-refractivity contribution in [2.24, 2.45) is 0 Å². The van der Waals surface area contributed by atoms with E-state index in [1.165, 1.54) is 12.7 Å². The molecule has 0 amide bonds. The maximum Gasteiger partial charge on any atom is 0.337 e. The Balaban J connectivity index is 1.52. The summed E-state index contributed by atoms with van der Waals surface area (Å²) in [5.74, 6) is -0.323. The van der Waals surface area contributed by atoms with Crippen LogP contribution in [0.2, 0.25) is 0 Å². The molecule has 2 aliphatic rings. The molecule has 3 atom stereocenters. The van der Waals surface area contributed by atoms with Gasteiger partial charge in [0.05, 0.1) is 44.1 Å². The Kier molecular flexibility index (Phi) is 5.02. The van der Waals surface area contributed by atoms with E-state index in [2.05, 4.69) is 29.2 Å². The molecule has 2 aliphatic heterocycles. The lowest BCUT2D eigenvalue weighted by molar-refractivity contribution is -0.106. The van der Waals surface area contributed by atoms with Gasteiger partial charge in [0, 0.05) is 13.1 Å². The summed E-state index contributed by atoms with van der Waals surface area (Å²) in [5, 5.41) is 0. The molecule has 2 saturated heterocycles. The monoisotopic (exact) mass is 353 g/mol. The number of fused-ring (bicyclic) bond motifs is 1. The zero-order chi connectivity index (χ0) is 17.9. The number of hydrogen-bond acceptors (Lipinski definition) is 5. The lowest BCUT2D eigenvalue weighted by Gasteiger charge is -2.41. The number of ether oxygens (including phenoxy) is 3. The molecule has 5 heteroatoms. The number of carbonyl (C=O) groups is 1. The molecular formula is C21H23NO4. The highest BCUT2D eigenvalue weighted by molar-refractivity contribution is 5.89. The second kappa shape index (κ2) is 7.58. The highest BCUT2D eigenvalue weighted by Gasteiger charge is 2.41. The van der Waals surface area contributed by atoms with Gasteiger partial charge >= 0.3 is 5.97 Å². The Bertz CT molecular complexity index is 746. The first-order chi connectivity index (χ1) is 12.7. The molecule has 4 rings (SSSR count). The third-order valence-corrected chi connectivity index (χ3v) is 5.14. The molecule has 2 aromatic carbocycles. The number of esters is 1. The molecule has 0 bridgehead atoms. The number of rotatable bonds is 4. The molecule has 0 aliphatic carbocycles. The van der Waals surface area contributed by atoms with Gasteiger partial charge in [-0.05, 0) is 23.3 Å². The van der Waals surface area contributed by atoms with E-state index in [1.54, 1.807) is 12.1 Å². The van der Waals surface area contributed by atoms with Gasteiger partial charge in [-0.15, -0.1) is 0 Å². The van der Waals surface area contributed by atoms with Crippen LogP contribution in [-0.4, -0.2) is 49.9 Å². The lowest BCUT2D eigenvalue weighted by atomic mass is 10.0. The summed E-state index contributed by atoms with van der Waals surface area (Å²) >= 11 is 0. The first kappa shape index (κ1) is 17.2. The van der Waals surface area contributed by atoms with Crippen LogP contribution in [0.4, 0.5) is 0 Å². The van der Waals surface area contributed by atoms with Crippen molar-refractivity contribution in [3.8, 4) is 0 Å². The van der Waals surface area contributed by atoms with Crippen LogP contribution >= 0.6 is 0 Å². The summed E-state index contributed by atoms with van der Waals surface area (Å²) in [6.07, 6.45) is 0.0473. The number of nitrogens with zero attached hydrogens (tertiary/aromatic N) is 1. The van der Waals surface area contributed by atoms with Gasteiger partial charge in [0.1, 0.15) is 0 Å². The van der Waals surface area contributed by atoms with Crippen LogP contribution in [0.3, 0.4) is 0 Å². The summed E-state index contributed by atoms with van der Waals surface area (Å²) in [5.41, 5.74) is 2.91. The predicted octanol–water partition coefficient (Wildman–Crippen LogP) is 2.81. The van der Waals surface area contributed by atoms with Crippen LogP contribution < -0.4 is 0 Å². The molecule has 5 nitrogen and oxygen atoms in total. The van der Waals surface area contributed by atoms with Crippen LogP contribution in [-0.2, 0) is 20.8 Å². The third-order valence-electron chi connectivity index (χ3n) is 5.14. The zero-order valence-electron chi connectivity index (χ0n) is 14.8. The molecule has 2 heterocycles. The predicted molar refractivity (Wildman–Crippen MR) is 96.9 cm³/mol. The largest absolute Gasteiger partial charge is 0.465 e. The van der Waals surface area contributed by atoms with E-state index >= 15 is 0 Å². The van der Waals surface area contributed by atoms with Gasteiger partial charge in [-0.2, -0.15) is 0 Å². The van der Waals surface area contributed by atoms with Crippen LogP contribution in [0.1, 0.15) is 27.6 Å². The molecule has 0 saturated carbocycles. The Morgan fingerprint density at radius 3 is 2.62 bits per heavy atom. The molecule has 2 fully saturated rings. The smallest absolute Gasteiger partial charge is 0.337 e. The molecular weight excluding hydrogens is 330 g/mol. The SMILES string of the molecule is COC(=O)c1ccc([C@@H]2CN(Cc3ccccc3)[C@@H]3COC[C@@H]3O2)cc1. The van der Waals surface area contributed by atoms with Gasteiger partial charge in [-0.3, -0.25) is 4.90 Å². The van der Waals surface area contributed by atoms with Crippen molar-refractivity contribution in [2.75, 3.05) is 26.9 Å². The highest BCUT2D eigenvalue weighted by Crippen LogP contribution is 2.33. The highest BCUT2D eigenvalue weighted by atomic mass is 16.6. The molecule has 0 N–H and O–H groups in total. The fraction of sp³-hybridized carbons (Fsp3) is 0.381. The number of hydrogen-bond donors (Lipinski definition) is 0. The summed E-state index contributed by atoms with van der Waals surface area (Å²) < 4.78 is 16.8. The van der Waals surface area contributed by atoms with E-state index in [-0.39, 0.29) is 18.2 Å². The second-order valence-electron chi connectivity index (χ2n) is 6.80. The molecule has 0 aromatic heterocycles. The zero-order valence-corrected chi connectivity index (χ0v) is 14.8. The fourth-order valence-electron chi connectivity index (χ4n) is 3.73. The molecule has 136 valence electrons. The van der Waals surface area contributed by atoms with Crippen molar-refractivity contribution in [3.63, 3.8) is 0 Å². The van der Waals surface area contributed by atoms with Gasteiger partial charge < -0.3 is 14.2 Å². The van der Waals surface area contributed by atoms with E-state index < -0.39 is 0 Å². The first-order valence-electron chi connectivity index (χ1n) is 8.94. The van der Waals surface area contributed by atoms with Crippen LogP contribution in [0.5, 0.6) is 0 Å². The Hall–Kier alpha value is -2.21. The summed E-state index contributed by atoms with van der Waals surface area (Å²) in [4.78, 5) is 14.1. The van der Waals surface area contributed by atoms with Crippen molar-refractivity contribution in [1.82, 2.24) is 4.90 Å². The quantitative estimate of drug-likeness (QED) is 0.791. The lowest BCUT2D eigenvalue weighted by Crippen LogP contribution is -2.51. The van der Waals surface area contributed by atoms with Crippen LogP contribution in [0, 0.1) is 0 Å². The minimum atomic E-state index is -0.323. The van der Waals surface area contributed by atoms with Crippen molar-refractivity contribution < 1.29 is 19.0 Å². The summed E-state index contributed by atoms with van der Waals surface area (Å²) in [7, 11) is 1.39. The van der Waals surface area contributed by atoms with E-state index in [0.29, 0.717) is 24.8 Å². The van der Waals surface area contributed by atoms with Gasteiger partial charge in [0.25, 0.3) is 0 Å². The summed E-state index contributed by atoms with van der Waals surface area (Å²) in [6, 6.07) is 18.3. The topological polar surface area (TPSA) is 48.0 Å². The fourth-order valence-corrected chi connectivity index (χ4v) is 3.73. The molecule has 0 radical (unpaired) electrons. The Morgan fingerprint density at radius 2 is 1.88 bits per heavy atom. The van der Waals surface area contributed by atoms with E-state index in [0.717, 1.165) is 18.7 Å². The van der Waals surface area contributed by atoms with E-state index in [4.69, 9.17) is 14.2 Å². The normalized spacial score (nSPS) is 25.7. The molecule has 0 unspecified atom stereocenters. The maximum absolute atomic E-state index is 11.6. The van der Waals surface area contributed by atoms with Gasteiger partial charge in [0.2, 0.25) is 0 Å². The molecule has 0 spiro atoms.